The van der Waals surface area contributed by atoms with E-state index in [2.05, 4.69) is 18.9 Å². The van der Waals surface area contributed by atoms with Crippen LogP contribution in [0.3, 0.4) is 0 Å². The summed E-state index contributed by atoms with van der Waals surface area (Å²) in [5.41, 5.74) is -0.186. The zero-order chi connectivity index (χ0) is 19.7. The van der Waals surface area contributed by atoms with E-state index in [0.29, 0.717) is 30.6 Å². The molecule has 2 atom stereocenters. The number of aromatic nitrogens is 2. The highest BCUT2D eigenvalue weighted by Crippen LogP contribution is 2.24. The van der Waals surface area contributed by atoms with Crippen molar-refractivity contribution in [3.63, 3.8) is 0 Å². The number of rotatable bonds is 3. The first-order valence-corrected chi connectivity index (χ1v) is 8.92. The highest BCUT2D eigenvalue weighted by atomic mass is 16.6. The Bertz CT molecular complexity index is 943. The lowest BCUT2D eigenvalue weighted by atomic mass is 9.92. The van der Waals surface area contributed by atoms with Gasteiger partial charge in [0, 0.05) is 30.9 Å². The van der Waals surface area contributed by atoms with Crippen molar-refractivity contribution >= 4 is 11.6 Å². The Kier molecular flexibility index (Phi) is 5.07. The first-order valence-electron chi connectivity index (χ1n) is 8.92. The van der Waals surface area contributed by atoms with E-state index in [1.165, 1.54) is 16.8 Å². The van der Waals surface area contributed by atoms with E-state index in [9.17, 15) is 19.7 Å². The zero-order valence-electron chi connectivity index (χ0n) is 15.6. The Morgan fingerprint density at radius 1 is 1.22 bits per heavy atom. The van der Waals surface area contributed by atoms with E-state index >= 15 is 0 Å². The molecule has 0 aliphatic carbocycles. The molecule has 1 aromatic carbocycles. The van der Waals surface area contributed by atoms with Crippen molar-refractivity contribution < 1.29 is 9.72 Å². The minimum Gasteiger partial charge on any atom is -0.337 e. The maximum Gasteiger partial charge on any atom is 0.294 e. The second-order valence-electron chi connectivity index (χ2n) is 7.31. The lowest BCUT2D eigenvalue weighted by Crippen LogP contribution is -2.44. The molecule has 1 amide bonds. The number of hydrogen-bond acceptors (Lipinski definition) is 5. The minimum atomic E-state index is -0.510. The first-order chi connectivity index (χ1) is 12.8. The minimum absolute atomic E-state index is 0.143. The summed E-state index contributed by atoms with van der Waals surface area (Å²) in [6.45, 7) is 6.92. The summed E-state index contributed by atoms with van der Waals surface area (Å²) in [5, 5.41) is 15.6. The summed E-state index contributed by atoms with van der Waals surface area (Å²) >= 11 is 0. The van der Waals surface area contributed by atoms with Crippen molar-refractivity contribution in [2.45, 2.75) is 27.2 Å². The molecule has 27 heavy (non-hydrogen) atoms. The summed E-state index contributed by atoms with van der Waals surface area (Å²) in [6, 6.07) is 7.42. The molecule has 8 heteroatoms. The Morgan fingerprint density at radius 3 is 2.48 bits per heavy atom. The molecule has 0 saturated carbocycles. The van der Waals surface area contributed by atoms with E-state index in [4.69, 9.17) is 0 Å². The van der Waals surface area contributed by atoms with Gasteiger partial charge < -0.3 is 4.90 Å². The molecule has 0 unspecified atom stereocenters. The highest BCUT2D eigenvalue weighted by Gasteiger charge is 2.29. The van der Waals surface area contributed by atoms with Gasteiger partial charge in [0.15, 0.2) is 5.69 Å². The Hall–Kier alpha value is -3.03. The van der Waals surface area contributed by atoms with Crippen LogP contribution >= 0.6 is 0 Å². The van der Waals surface area contributed by atoms with Crippen molar-refractivity contribution in [2.24, 2.45) is 11.8 Å². The molecule has 0 N–H and O–H groups in total. The van der Waals surface area contributed by atoms with Crippen molar-refractivity contribution in [2.75, 3.05) is 13.1 Å². The van der Waals surface area contributed by atoms with Gasteiger partial charge in [0.1, 0.15) is 5.69 Å². The van der Waals surface area contributed by atoms with Crippen LogP contribution in [-0.2, 0) is 0 Å². The lowest BCUT2D eigenvalue weighted by molar-refractivity contribution is -0.384. The molecule has 0 spiro atoms. The quantitative estimate of drug-likeness (QED) is 0.611. The molecule has 1 aliphatic heterocycles. The molecule has 1 aromatic heterocycles. The van der Waals surface area contributed by atoms with Crippen molar-refractivity contribution in [1.29, 1.82) is 0 Å². The van der Waals surface area contributed by atoms with Crippen LogP contribution in [0.1, 0.15) is 36.5 Å². The number of para-hydroxylation sites is 2. The Balaban J connectivity index is 2.07. The van der Waals surface area contributed by atoms with Crippen LogP contribution in [-0.4, -0.2) is 38.6 Å². The van der Waals surface area contributed by atoms with Crippen molar-refractivity contribution in [3.05, 3.63) is 62.1 Å². The van der Waals surface area contributed by atoms with Gasteiger partial charge in [-0.05, 0) is 31.2 Å². The number of amides is 1. The Labute approximate surface area is 156 Å². The van der Waals surface area contributed by atoms with Gasteiger partial charge in [-0.15, -0.1) is 0 Å². The SMILES string of the molecule is Cc1cc(=O)c(C(=O)N2C[C@H](C)C[C@@H](C)C2)nn1-c1ccccc1[N+](=O)[O-]. The number of piperidine rings is 1. The number of hydrogen-bond donors (Lipinski definition) is 0. The van der Waals surface area contributed by atoms with E-state index in [1.807, 2.05) is 0 Å². The van der Waals surface area contributed by atoms with Crippen LogP contribution < -0.4 is 5.43 Å². The second kappa shape index (κ2) is 7.30. The number of aryl methyl sites for hydroxylation is 1. The highest BCUT2D eigenvalue weighted by molar-refractivity contribution is 5.92. The molecular weight excluding hydrogens is 348 g/mol. The third-order valence-corrected chi connectivity index (χ3v) is 4.77. The summed E-state index contributed by atoms with van der Waals surface area (Å²) in [5.74, 6) is 0.270. The molecule has 8 nitrogen and oxygen atoms in total. The fourth-order valence-corrected chi connectivity index (χ4v) is 3.72. The molecular formula is C19H22N4O4. The van der Waals surface area contributed by atoms with Gasteiger partial charge >= 0.3 is 0 Å². The molecule has 3 rings (SSSR count). The maximum atomic E-state index is 12.9. The van der Waals surface area contributed by atoms with Crippen LogP contribution in [0.2, 0.25) is 0 Å². The average molecular weight is 370 g/mol. The van der Waals surface area contributed by atoms with Crippen molar-refractivity contribution in [3.8, 4) is 5.69 Å². The summed E-state index contributed by atoms with van der Waals surface area (Å²) < 4.78 is 1.30. The normalized spacial score (nSPS) is 19.7. The van der Waals surface area contributed by atoms with Gasteiger partial charge in [0.2, 0.25) is 5.43 Å². The summed E-state index contributed by atoms with van der Waals surface area (Å²) in [4.78, 5) is 37.9. The molecule has 2 aromatic rings. The third kappa shape index (κ3) is 3.74. The number of nitro groups is 1. The van der Waals surface area contributed by atoms with Gasteiger partial charge in [-0.3, -0.25) is 19.7 Å². The molecule has 1 aliphatic rings. The predicted molar refractivity (Wildman–Crippen MR) is 100 cm³/mol. The smallest absolute Gasteiger partial charge is 0.294 e. The lowest BCUT2D eigenvalue weighted by Gasteiger charge is -2.34. The first kappa shape index (κ1) is 18.8. The van der Waals surface area contributed by atoms with Crippen LogP contribution in [0.25, 0.3) is 5.69 Å². The monoisotopic (exact) mass is 370 g/mol. The van der Waals surface area contributed by atoms with Crippen LogP contribution in [0.5, 0.6) is 0 Å². The number of carbonyl (C=O) groups excluding carboxylic acids is 1. The standard InChI is InChI=1S/C19H22N4O4/c1-12-8-13(2)11-21(10-12)19(25)18-17(24)9-14(3)22(20-18)15-6-4-5-7-16(15)23(26)27/h4-7,9,12-13H,8,10-11H2,1-3H3/t12-,13-/m1/s1. The topological polar surface area (TPSA) is 98.3 Å². The summed E-state index contributed by atoms with van der Waals surface area (Å²) in [6.07, 6.45) is 1.03. The number of nitro benzene ring substituents is 1. The average Bonchev–Trinajstić information content (AvgIpc) is 2.60. The Morgan fingerprint density at radius 2 is 1.85 bits per heavy atom. The third-order valence-electron chi connectivity index (χ3n) is 4.77. The van der Waals surface area contributed by atoms with Gasteiger partial charge in [-0.25, -0.2) is 4.68 Å². The molecule has 0 radical (unpaired) electrons. The van der Waals surface area contributed by atoms with Gasteiger partial charge in [0.05, 0.1) is 4.92 Å². The fourth-order valence-electron chi connectivity index (χ4n) is 3.72. The predicted octanol–water partition coefficient (Wildman–Crippen LogP) is 2.57. The number of carbonyl (C=O) groups is 1. The second-order valence-corrected chi connectivity index (χ2v) is 7.31. The van der Waals surface area contributed by atoms with E-state index in [1.54, 1.807) is 30.0 Å². The molecule has 0 bridgehead atoms. The number of likely N-dealkylation sites (tertiary alicyclic amines) is 1. The van der Waals surface area contributed by atoms with E-state index < -0.39 is 16.3 Å². The fraction of sp³-hybridized carbons (Fsp3) is 0.421. The van der Waals surface area contributed by atoms with Crippen LogP contribution in [0, 0.1) is 28.9 Å². The van der Waals surface area contributed by atoms with Gasteiger partial charge in [0.25, 0.3) is 11.6 Å². The van der Waals surface area contributed by atoms with Crippen LogP contribution in [0.4, 0.5) is 5.69 Å². The molecule has 1 fully saturated rings. The molecule has 1 saturated heterocycles. The summed E-state index contributed by atoms with van der Waals surface area (Å²) in [7, 11) is 0. The number of benzene rings is 1. The maximum absolute atomic E-state index is 12.9. The molecule has 2 heterocycles. The number of nitrogens with zero attached hydrogens (tertiary/aromatic N) is 4. The van der Waals surface area contributed by atoms with E-state index in [0.717, 1.165) is 6.42 Å². The zero-order valence-corrected chi connectivity index (χ0v) is 15.6. The van der Waals surface area contributed by atoms with Gasteiger partial charge in [-0.2, -0.15) is 5.10 Å². The van der Waals surface area contributed by atoms with E-state index in [-0.39, 0.29) is 17.1 Å². The van der Waals surface area contributed by atoms with Gasteiger partial charge in [-0.1, -0.05) is 26.0 Å². The van der Waals surface area contributed by atoms with Crippen LogP contribution in [0.15, 0.2) is 35.1 Å². The van der Waals surface area contributed by atoms with Crippen molar-refractivity contribution in [1.82, 2.24) is 14.7 Å². The largest absolute Gasteiger partial charge is 0.337 e. The molecule has 142 valence electrons.